The van der Waals surface area contributed by atoms with Gasteiger partial charge in [-0.15, -0.1) is 0 Å². The summed E-state index contributed by atoms with van der Waals surface area (Å²) in [6.07, 6.45) is 4.34. The zero-order valence-corrected chi connectivity index (χ0v) is 25.1. The summed E-state index contributed by atoms with van der Waals surface area (Å²) in [6.45, 7) is 18.2. The highest BCUT2D eigenvalue weighted by Crippen LogP contribution is 2.33. The lowest BCUT2D eigenvalue weighted by Crippen LogP contribution is -2.35. The summed E-state index contributed by atoms with van der Waals surface area (Å²) in [5.41, 5.74) is 8.05. The highest BCUT2D eigenvalue weighted by molar-refractivity contribution is 7.97. The maximum Gasteiger partial charge on any atom is 0.0513 e. The van der Waals surface area contributed by atoms with E-state index < -0.39 is 0 Å². The summed E-state index contributed by atoms with van der Waals surface area (Å²) in [5.74, 6) is 0. The van der Waals surface area contributed by atoms with Gasteiger partial charge in [-0.25, -0.2) is 0 Å². The van der Waals surface area contributed by atoms with E-state index in [0.29, 0.717) is 6.04 Å². The second kappa shape index (κ2) is 14.6. The van der Waals surface area contributed by atoms with Crippen molar-refractivity contribution in [1.29, 1.82) is 0 Å². The molecule has 0 heterocycles. The quantitative estimate of drug-likeness (QED) is 0.229. The van der Waals surface area contributed by atoms with Gasteiger partial charge in [0.15, 0.2) is 0 Å². The van der Waals surface area contributed by atoms with E-state index in [1.807, 2.05) is 13.8 Å². The van der Waals surface area contributed by atoms with Crippen LogP contribution < -0.4 is 15.4 Å². The number of fused-ring (bicyclic) bond motifs is 1. The first-order valence-electron chi connectivity index (χ1n) is 14.1. The van der Waals surface area contributed by atoms with Gasteiger partial charge in [-0.2, -0.15) is 0 Å². The fourth-order valence-electron chi connectivity index (χ4n) is 4.76. The Hall–Kier alpha value is -2.53. The van der Waals surface area contributed by atoms with Crippen LogP contribution in [0.5, 0.6) is 0 Å². The predicted octanol–water partition coefficient (Wildman–Crippen LogP) is 8.82. The average Bonchev–Trinajstić information content (AvgIpc) is 2.92. The fourth-order valence-corrected chi connectivity index (χ4v) is 5.63. The van der Waals surface area contributed by atoms with Crippen molar-refractivity contribution in [2.45, 2.75) is 96.3 Å². The van der Waals surface area contributed by atoms with Crippen LogP contribution in [0.25, 0.3) is 0 Å². The van der Waals surface area contributed by atoms with E-state index >= 15 is 0 Å². The zero-order valence-electron chi connectivity index (χ0n) is 24.2. The number of benzene rings is 3. The minimum atomic E-state index is 0.124. The van der Waals surface area contributed by atoms with Gasteiger partial charge in [0.25, 0.3) is 0 Å². The maximum absolute atomic E-state index is 4.46. The minimum Gasteiger partial charge on any atom is -0.382 e. The molecule has 0 aliphatic heterocycles. The van der Waals surface area contributed by atoms with Crippen LogP contribution in [-0.2, 0) is 13.0 Å². The Morgan fingerprint density at radius 1 is 1.00 bits per heavy atom. The summed E-state index contributed by atoms with van der Waals surface area (Å²) in [7, 11) is 0. The summed E-state index contributed by atoms with van der Waals surface area (Å²) in [6, 6.07) is 26.7. The monoisotopic (exact) mass is 529 g/mol. The van der Waals surface area contributed by atoms with Gasteiger partial charge in [0.05, 0.1) is 6.04 Å². The molecule has 0 radical (unpaired) electrons. The second-order valence-corrected chi connectivity index (χ2v) is 11.9. The number of aryl methyl sites for hydroxylation is 2. The van der Waals surface area contributed by atoms with Crippen molar-refractivity contribution < 1.29 is 0 Å². The molecule has 0 saturated carbocycles. The molecule has 0 amide bonds. The van der Waals surface area contributed by atoms with Crippen LogP contribution in [0.2, 0.25) is 0 Å². The van der Waals surface area contributed by atoms with Gasteiger partial charge in [-0.3, -0.25) is 4.72 Å². The Morgan fingerprint density at radius 3 is 2.42 bits per heavy atom. The molecule has 4 rings (SSSR count). The van der Waals surface area contributed by atoms with Gasteiger partial charge in [-0.1, -0.05) is 87.2 Å². The Balaban J connectivity index is 0.00000195. The first-order valence-corrected chi connectivity index (χ1v) is 14.9. The van der Waals surface area contributed by atoms with E-state index in [1.165, 1.54) is 39.1 Å². The lowest BCUT2D eigenvalue weighted by Gasteiger charge is -2.30. The number of rotatable bonds is 10. The molecule has 1 aliphatic carbocycles. The maximum atomic E-state index is 4.46. The second-order valence-electron chi connectivity index (χ2n) is 11.0. The molecule has 3 aromatic carbocycles. The van der Waals surface area contributed by atoms with Gasteiger partial charge in [0, 0.05) is 35.1 Å². The van der Waals surface area contributed by atoms with Crippen LogP contribution in [0.3, 0.4) is 0 Å². The average molecular weight is 530 g/mol. The molecule has 204 valence electrons. The smallest absolute Gasteiger partial charge is 0.0513 e. The van der Waals surface area contributed by atoms with Crippen molar-refractivity contribution in [2.75, 3.05) is 0 Å². The van der Waals surface area contributed by atoms with E-state index in [2.05, 4.69) is 122 Å². The third-order valence-corrected chi connectivity index (χ3v) is 7.86. The molecule has 2 atom stereocenters. The Kier molecular flexibility index (Phi) is 11.5. The summed E-state index contributed by atoms with van der Waals surface area (Å²) >= 11 is 1.71. The molecular weight excluding hydrogens is 482 g/mol. The van der Waals surface area contributed by atoms with Crippen molar-refractivity contribution in [3.8, 4) is 0 Å². The van der Waals surface area contributed by atoms with Crippen LogP contribution >= 0.6 is 11.9 Å². The van der Waals surface area contributed by atoms with E-state index in [1.54, 1.807) is 11.9 Å². The Morgan fingerprint density at radius 2 is 1.71 bits per heavy atom. The van der Waals surface area contributed by atoms with E-state index in [9.17, 15) is 0 Å². The van der Waals surface area contributed by atoms with E-state index in [-0.39, 0.29) is 11.6 Å². The molecular formula is C34H47N3S. The Bertz CT molecular complexity index is 1150. The Labute approximate surface area is 236 Å². The number of nitrogens with one attached hydrogen (secondary N) is 3. The van der Waals surface area contributed by atoms with Gasteiger partial charge < -0.3 is 10.6 Å². The zero-order chi connectivity index (χ0) is 27.5. The van der Waals surface area contributed by atoms with Gasteiger partial charge in [-0.05, 0) is 92.8 Å². The lowest BCUT2D eigenvalue weighted by molar-refractivity contribution is 0.423. The first-order chi connectivity index (χ1) is 18.3. The highest BCUT2D eigenvalue weighted by Gasteiger charge is 2.22. The molecule has 0 bridgehead atoms. The SMILES string of the molecule is C=C(CC(NSc1ccccc1C)c1ccccc1)NC1CCCc2cc(CNC(C)(C)C)ccc21.CC. The van der Waals surface area contributed by atoms with Crippen LogP contribution in [0.15, 0.2) is 90.0 Å². The molecule has 4 heteroatoms. The van der Waals surface area contributed by atoms with E-state index in [0.717, 1.165) is 31.5 Å². The van der Waals surface area contributed by atoms with Gasteiger partial charge in [0.2, 0.25) is 0 Å². The summed E-state index contributed by atoms with van der Waals surface area (Å²) in [5, 5.41) is 7.42. The largest absolute Gasteiger partial charge is 0.382 e. The van der Waals surface area contributed by atoms with E-state index in [4.69, 9.17) is 0 Å². The molecule has 0 saturated heterocycles. The normalized spacial score (nSPS) is 15.6. The third-order valence-electron chi connectivity index (χ3n) is 6.78. The molecule has 3 nitrogen and oxygen atoms in total. The molecule has 1 aliphatic rings. The molecule has 0 fully saturated rings. The van der Waals surface area contributed by atoms with Gasteiger partial charge >= 0.3 is 0 Å². The van der Waals surface area contributed by atoms with Crippen LogP contribution in [-0.4, -0.2) is 5.54 Å². The molecule has 2 unspecified atom stereocenters. The number of hydrogen-bond donors (Lipinski definition) is 3. The molecule has 3 N–H and O–H groups in total. The summed E-state index contributed by atoms with van der Waals surface area (Å²) < 4.78 is 3.72. The molecule has 0 spiro atoms. The van der Waals surface area contributed by atoms with Crippen molar-refractivity contribution >= 4 is 11.9 Å². The van der Waals surface area contributed by atoms with Crippen LogP contribution in [0.1, 0.15) is 93.8 Å². The summed E-state index contributed by atoms with van der Waals surface area (Å²) in [4.78, 5) is 1.26. The molecule has 0 aromatic heterocycles. The van der Waals surface area contributed by atoms with Crippen molar-refractivity contribution in [3.05, 3.63) is 113 Å². The third kappa shape index (κ3) is 9.04. The van der Waals surface area contributed by atoms with Crippen molar-refractivity contribution in [2.24, 2.45) is 0 Å². The molecule has 3 aromatic rings. The van der Waals surface area contributed by atoms with Crippen molar-refractivity contribution in [1.82, 2.24) is 15.4 Å². The fraction of sp³-hybridized carbons (Fsp3) is 0.412. The lowest BCUT2D eigenvalue weighted by atomic mass is 9.86. The van der Waals surface area contributed by atoms with Crippen molar-refractivity contribution in [3.63, 3.8) is 0 Å². The topological polar surface area (TPSA) is 36.1 Å². The highest BCUT2D eigenvalue weighted by atomic mass is 32.2. The van der Waals surface area contributed by atoms with Crippen LogP contribution in [0.4, 0.5) is 0 Å². The molecule has 38 heavy (non-hydrogen) atoms. The first kappa shape index (κ1) is 30.0. The minimum absolute atomic E-state index is 0.124. The predicted molar refractivity (Wildman–Crippen MR) is 166 cm³/mol. The van der Waals surface area contributed by atoms with Crippen LogP contribution in [0, 0.1) is 6.92 Å². The standard InChI is InChI=1S/C32H41N3S.C2H6/c1-23-12-9-10-17-31(23)36-35-30(26-13-7-6-8-14-26)20-24(2)34-29-16-11-15-27-21-25(18-19-28(27)29)22-33-32(3,4)5;1-2/h6-10,12-14,17-19,21,29-30,33-35H,2,11,15-16,20,22H2,1,3-5H3;1-2H3. The van der Waals surface area contributed by atoms with Gasteiger partial charge in [0.1, 0.15) is 0 Å². The number of hydrogen-bond acceptors (Lipinski definition) is 4.